The van der Waals surface area contributed by atoms with Crippen LogP contribution in [-0.4, -0.2) is 76.6 Å². The lowest BCUT2D eigenvalue weighted by Gasteiger charge is -2.30. The fraction of sp³-hybridized carbons (Fsp3) is 0.429. The van der Waals surface area contributed by atoms with Crippen LogP contribution in [0.4, 0.5) is 0 Å². The van der Waals surface area contributed by atoms with Gasteiger partial charge in [0.05, 0.1) is 16.3 Å². The Kier molecular flexibility index (Phi) is 7.96. The Morgan fingerprint density at radius 2 is 1.33 bits per heavy atom. The third kappa shape index (κ3) is 5.63. The zero-order chi connectivity index (χ0) is 29.3. The van der Waals surface area contributed by atoms with Crippen LogP contribution in [-0.2, 0) is 26.6 Å². The summed E-state index contributed by atoms with van der Waals surface area (Å²) < 4.78 is 57.5. The summed E-state index contributed by atoms with van der Waals surface area (Å²) >= 11 is 0. The number of aromatic amines is 1. The van der Waals surface area contributed by atoms with E-state index in [1.54, 1.807) is 4.68 Å². The molecular formula is C28H33N7O5S2. The van der Waals surface area contributed by atoms with Crippen molar-refractivity contribution < 1.29 is 16.8 Å². The summed E-state index contributed by atoms with van der Waals surface area (Å²) in [5.74, 6) is 0.346. The van der Waals surface area contributed by atoms with Crippen molar-refractivity contribution in [2.45, 2.75) is 60.8 Å². The summed E-state index contributed by atoms with van der Waals surface area (Å²) in [5.41, 5.74) is 1.18. The topological polar surface area (TPSA) is 151 Å². The molecule has 0 radical (unpaired) electrons. The molecule has 6 rings (SSSR count). The Labute approximate surface area is 244 Å². The number of nitrogens with one attached hydrogen (secondary N) is 1. The minimum atomic E-state index is -3.83. The molecule has 4 heterocycles. The molecule has 2 aromatic heterocycles. The van der Waals surface area contributed by atoms with E-state index in [1.807, 2.05) is 30.3 Å². The van der Waals surface area contributed by atoms with E-state index in [0.717, 1.165) is 31.2 Å². The van der Waals surface area contributed by atoms with Gasteiger partial charge in [-0.1, -0.05) is 48.4 Å². The van der Waals surface area contributed by atoms with Crippen molar-refractivity contribution in [1.82, 2.24) is 33.6 Å². The highest BCUT2D eigenvalue weighted by molar-refractivity contribution is 7.89. The fourth-order valence-corrected chi connectivity index (χ4v) is 8.66. The molecule has 14 heteroatoms. The molecule has 2 saturated heterocycles. The molecule has 0 atom stereocenters. The largest absolute Gasteiger partial charge is 0.308 e. The summed E-state index contributed by atoms with van der Waals surface area (Å²) in [6.07, 6.45) is 4.61. The maximum absolute atomic E-state index is 13.4. The van der Waals surface area contributed by atoms with E-state index in [-0.39, 0.29) is 39.9 Å². The van der Waals surface area contributed by atoms with Gasteiger partial charge in [-0.25, -0.2) is 26.5 Å². The van der Waals surface area contributed by atoms with E-state index >= 15 is 0 Å². The number of hydrogen-bond acceptors (Lipinski definition) is 8. The zero-order valence-corrected chi connectivity index (χ0v) is 24.7. The SMILES string of the molecule is O=c1[nH]c(C2CCN(S(=O)(=O)c3ccc(S(=O)(=O)N4CCCCCC4)cc3)CC2)nc2c1nnn2Cc1ccccc1. The first-order valence-corrected chi connectivity index (χ1v) is 17.1. The molecular weight excluding hydrogens is 578 g/mol. The van der Waals surface area contributed by atoms with E-state index < -0.39 is 20.0 Å². The van der Waals surface area contributed by atoms with Crippen LogP contribution in [0.25, 0.3) is 11.2 Å². The Hall–Kier alpha value is -3.46. The Morgan fingerprint density at radius 3 is 1.93 bits per heavy atom. The highest BCUT2D eigenvalue weighted by atomic mass is 32.2. The maximum Gasteiger partial charge on any atom is 0.281 e. The zero-order valence-electron chi connectivity index (χ0n) is 23.1. The first-order chi connectivity index (χ1) is 20.2. The van der Waals surface area contributed by atoms with Crippen LogP contribution in [0.15, 0.2) is 69.2 Å². The van der Waals surface area contributed by atoms with E-state index in [9.17, 15) is 21.6 Å². The second-order valence-electron chi connectivity index (χ2n) is 10.8. The summed E-state index contributed by atoms with van der Waals surface area (Å²) in [6, 6.07) is 15.2. The Morgan fingerprint density at radius 1 is 0.762 bits per heavy atom. The first-order valence-electron chi connectivity index (χ1n) is 14.2. The first kappa shape index (κ1) is 28.6. The standard InChI is InChI=1S/C28H33N7O5S2/c36-28-25-27(35(32-31-25)20-21-8-4-3-5-9-21)29-26(30-28)22-14-18-34(19-15-22)42(39,40)24-12-10-23(11-13-24)41(37,38)33-16-6-1-2-7-17-33/h3-5,8-13,22H,1-2,6-7,14-20H2,(H,29,30,36). The number of fused-ring (bicyclic) bond motifs is 1. The van der Waals surface area contributed by atoms with Crippen molar-refractivity contribution in [2.24, 2.45) is 0 Å². The van der Waals surface area contributed by atoms with Crippen molar-refractivity contribution >= 4 is 31.2 Å². The summed E-state index contributed by atoms with van der Waals surface area (Å²) in [5, 5.41) is 8.13. The van der Waals surface area contributed by atoms with Gasteiger partial charge in [-0.05, 0) is 55.5 Å². The van der Waals surface area contributed by atoms with Crippen molar-refractivity contribution in [3.05, 3.63) is 76.3 Å². The summed E-state index contributed by atoms with van der Waals surface area (Å²) in [4.78, 5) is 20.4. The van der Waals surface area contributed by atoms with Crippen LogP contribution >= 0.6 is 0 Å². The molecule has 2 aliphatic heterocycles. The van der Waals surface area contributed by atoms with Gasteiger partial charge in [0.2, 0.25) is 20.0 Å². The molecule has 1 N–H and O–H groups in total. The van der Waals surface area contributed by atoms with Gasteiger partial charge in [-0.2, -0.15) is 8.61 Å². The minimum absolute atomic E-state index is 0.0552. The average molecular weight is 612 g/mol. The predicted molar refractivity (Wildman–Crippen MR) is 156 cm³/mol. The van der Waals surface area contributed by atoms with E-state index in [4.69, 9.17) is 4.98 Å². The van der Waals surface area contributed by atoms with Gasteiger partial charge < -0.3 is 4.98 Å². The van der Waals surface area contributed by atoms with Crippen LogP contribution in [0.3, 0.4) is 0 Å². The lowest BCUT2D eigenvalue weighted by Crippen LogP contribution is -2.38. The monoisotopic (exact) mass is 611 g/mol. The van der Waals surface area contributed by atoms with Crippen LogP contribution in [0, 0.1) is 0 Å². The number of sulfonamides is 2. The number of piperidine rings is 1. The van der Waals surface area contributed by atoms with Crippen molar-refractivity contribution in [1.29, 1.82) is 0 Å². The van der Waals surface area contributed by atoms with Gasteiger partial charge in [0.25, 0.3) is 5.56 Å². The molecule has 222 valence electrons. The third-order valence-corrected chi connectivity index (χ3v) is 11.9. The Balaban J connectivity index is 1.15. The van der Waals surface area contributed by atoms with Gasteiger partial charge in [-0.15, -0.1) is 5.10 Å². The molecule has 4 aromatic rings. The molecule has 0 aliphatic carbocycles. The number of nitrogens with zero attached hydrogens (tertiary/aromatic N) is 6. The van der Waals surface area contributed by atoms with Crippen molar-refractivity contribution in [3.63, 3.8) is 0 Å². The number of hydrogen-bond donors (Lipinski definition) is 1. The number of rotatable bonds is 7. The molecule has 0 unspecified atom stereocenters. The van der Waals surface area contributed by atoms with Crippen LogP contribution in [0.2, 0.25) is 0 Å². The van der Waals surface area contributed by atoms with E-state index in [2.05, 4.69) is 15.3 Å². The smallest absolute Gasteiger partial charge is 0.281 e. The number of benzene rings is 2. The molecule has 2 fully saturated rings. The van der Waals surface area contributed by atoms with Crippen LogP contribution in [0.1, 0.15) is 55.8 Å². The molecule has 42 heavy (non-hydrogen) atoms. The number of H-pyrrole nitrogens is 1. The third-order valence-electron chi connectivity index (χ3n) is 8.07. The van der Waals surface area contributed by atoms with Gasteiger partial charge in [0.15, 0.2) is 11.2 Å². The molecule has 0 saturated carbocycles. The van der Waals surface area contributed by atoms with Gasteiger partial charge in [0, 0.05) is 32.1 Å². The molecule has 2 aromatic carbocycles. The van der Waals surface area contributed by atoms with E-state index in [0.29, 0.717) is 43.9 Å². The number of aromatic nitrogens is 5. The highest BCUT2D eigenvalue weighted by Crippen LogP contribution is 2.30. The second kappa shape index (κ2) is 11.7. The van der Waals surface area contributed by atoms with Crippen molar-refractivity contribution in [3.8, 4) is 0 Å². The lowest BCUT2D eigenvalue weighted by atomic mass is 9.97. The Bertz CT molecular complexity index is 1820. The van der Waals surface area contributed by atoms with Gasteiger partial charge >= 0.3 is 0 Å². The van der Waals surface area contributed by atoms with Crippen LogP contribution < -0.4 is 5.56 Å². The summed E-state index contributed by atoms with van der Waals surface area (Å²) in [7, 11) is -7.50. The molecule has 0 bridgehead atoms. The lowest BCUT2D eigenvalue weighted by molar-refractivity contribution is 0.313. The maximum atomic E-state index is 13.4. The predicted octanol–water partition coefficient (Wildman–Crippen LogP) is 2.70. The molecule has 12 nitrogen and oxygen atoms in total. The molecule has 0 spiro atoms. The minimum Gasteiger partial charge on any atom is -0.308 e. The summed E-state index contributed by atoms with van der Waals surface area (Å²) in [6.45, 7) is 1.86. The average Bonchev–Trinajstić information content (AvgIpc) is 3.21. The van der Waals surface area contributed by atoms with Crippen LogP contribution in [0.5, 0.6) is 0 Å². The van der Waals surface area contributed by atoms with E-state index in [1.165, 1.54) is 32.9 Å². The van der Waals surface area contributed by atoms with Gasteiger partial charge in [-0.3, -0.25) is 4.79 Å². The highest BCUT2D eigenvalue weighted by Gasteiger charge is 2.32. The fourth-order valence-electron chi connectivity index (χ4n) is 5.67. The molecule has 0 amide bonds. The second-order valence-corrected chi connectivity index (χ2v) is 14.7. The van der Waals surface area contributed by atoms with Crippen molar-refractivity contribution in [2.75, 3.05) is 26.2 Å². The molecule has 2 aliphatic rings. The normalized spacial score (nSPS) is 18.3. The quantitative estimate of drug-likeness (QED) is 0.335. The van der Waals surface area contributed by atoms with Gasteiger partial charge in [0.1, 0.15) is 5.82 Å².